The van der Waals surface area contributed by atoms with Gasteiger partial charge in [-0.3, -0.25) is 9.59 Å². The van der Waals surface area contributed by atoms with Crippen LogP contribution in [-0.4, -0.2) is 30.7 Å². The second-order valence-corrected chi connectivity index (χ2v) is 7.07. The van der Waals surface area contributed by atoms with E-state index < -0.39 is 12.0 Å². The number of hydrogen-bond donors (Lipinski definition) is 2. The summed E-state index contributed by atoms with van der Waals surface area (Å²) in [5, 5.41) is 7.13. The van der Waals surface area contributed by atoms with E-state index in [4.69, 9.17) is 21.1 Å². The molecule has 1 aliphatic heterocycles. The molecular weight excluding hydrogens is 418 g/mol. The number of halogens is 1. The van der Waals surface area contributed by atoms with Gasteiger partial charge in [-0.1, -0.05) is 48.0 Å². The molecule has 1 aliphatic rings. The zero-order valence-electron chi connectivity index (χ0n) is 16.2. The largest absolute Gasteiger partial charge is 0.485 e. The summed E-state index contributed by atoms with van der Waals surface area (Å²) >= 11 is 6.07. The Balaban J connectivity index is 1.35. The second-order valence-electron chi connectivity index (χ2n) is 6.66. The van der Waals surface area contributed by atoms with Crippen LogP contribution in [0.2, 0.25) is 5.02 Å². The Bertz CT molecular complexity index is 1150. The zero-order valence-corrected chi connectivity index (χ0v) is 17.0. The number of carbonyl (C=O) groups excluding carboxylic acids is 2. The fourth-order valence-corrected chi connectivity index (χ4v) is 3.15. The molecule has 2 N–H and O–H groups in total. The van der Waals surface area contributed by atoms with Gasteiger partial charge in [0, 0.05) is 5.69 Å². The highest BCUT2D eigenvalue weighted by Gasteiger charge is 2.26. The van der Waals surface area contributed by atoms with Gasteiger partial charge in [-0.05, 0) is 42.0 Å². The van der Waals surface area contributed by atoms with E-state index in [1.165, 1.54) is 6.21 Å². The third-order valence-electron chi connectivity index (χ3n) is 4.45. The van der Waals surface area contributed by atoms with Crippen molar-refractivity contribution in [1.82, 2.24) is 5.43 Å². The third-order valence-corrected chi connectivity index (χ3v) is 4.78. The molecule has 4 rings (SSSR count). The Labute approximate surface area is 183 Å². The number of ether oxygens (including phenoxy) is 2. The van der Waals surface area contributed by atoms with E-state index in [2.05, 4.69) is 15.8 Å². The van der Waals surface area contributed by atoms with Crippen LogP contribution in [0.5, 0.6) is 11.5 Å². The number of hydrazone groups is 1. The van der Waals surface area contributed by atoms with Crippen molar-refractivity contribution in [3.8, 4) is 11.5 Å². The zero-order chi connectivity index (χ0) is 21.6. The maximum Gasteiger partial charge on any atom is 0.284 e. The molecule has 31 heavy (non-hydrogen) atoms. The summed E-state index contributed by atoms with van der Waals surface area (Å²) in [6.07, 6.45) is 0.675. The number of para-hydroxylation sites is 2. The second kappa shape index (κ2) is 9.32. The van der Waals surface area contributed by atoms with E-state index >= 15 is 0 Å². The fraction of sp³-hybridized carbons (Fsp3) is 0.0870. The van der Waals surface area contributed by atoms with Gasteiger partial charge >= 0.3 is 0 Å². The van der Waals surface area contributed by atoms with E-state index in [-0.39, 0.29) is 12.5 Å². The highest BCUT2D eigenvalue weighted by atomic mass is 35.5. The number of hydrogen-bond acceptors (Lipinski definition) is 5. The fourth-order valence-electron chi connectivity index (χ4n) is 2.93. The number of rotatable bonds is 5. The van der Waals surface area contributed by atoms with Gasteiger partial charge in [0.15, 0.2) is 11.5 Å². The van der Waals surface area contributed by atoms with E-state index in [1.807, 2.05) is 6.07 Å². The van der Waals surface area contributed by atoms with Crippen LogP contribution in [0.4, 0.5) is 5.69 Å². The van der Waals surface area contributed by atoms with Crippen LogP contribution in [0.15, 0.2) is 77.9 Å². The Kier molecular flexibility index (Phi) is 6.14. The maximum atomic E-state index is 12.4. The van der Waals surface area contributed by atoms with Gasteiger partial charge in [0.2, 0.25) is 6.10 Å². The van der Waals surface area contributed by atoms with Crippen LogP contribution in [-0.2, 0) is 4.79 Å². The highest BCUT2D eigenvalue weighted by Crippen LogP contribution is 2.30. The number of fused-ring (bicyclic) bond motifs is 1. The topological polar surface area (TPSA) is 89.0 Å². The van der Waals surface area contributed by atoms with Gasteiger partial charge in [0.25, 0.3) is 11.8 Å². The molecule has 7 nitrogen and oxygen atoms in total. The molecule has 0 bridgehead atoms. The lowest BCUT2D eigenvalue weighted by Crippen LogP contribution is -2.42. The van der Waals surface area contributed by atoms with Crippen LogP contribution in [0.1, 0.15) is 15.9 Å². The Hall–Kier alpha value is -3.84. The van der Waals surface area contributed by atoms with Crippen molar-refractivity contribution in [3.63, 3.8) is 0 Å². The molecule has 3 aromatic rings. The van der Waals surface area contributed by atoms with E-state index in [0.29, 0.717) is 33.3 Å². The van der Waals surface area contributed by atoms with Gasteiger partial charge in [-0.2, -0.15) is 5.10 Å². The number of nitrogens with zero attached hydrogens (tertiary/aromatic N) is 1. The number of nitrogens with one attached hydrogen (secondary N) is 2. The lowest BCUT2D eigenvalue weighted by molar-refractivity contribution is -0.130. The normalized spacial score (nSPS) is 14.8. The van der Waals surface area contributed by atoms with Crippen LogP contribution in [0, 0.1) is 0 Å². The Morgan fingerprint density at radius 1 is 1.00 bits per heavy atom. The predicted molar refractivity (Wildman–Crippen MR) is 118 cm³/mol. The molecule has 0 saturated heterocycles. The molecular formula is C23H18ClN3O4. The van der Waals surface area contributed by atoms with Crippen molar-refractivity contribution in [1.29, 1.82) is 0 Å². The van der Waals surface area contributed by atoms with Crippen molar-refractivity contribution in [2.45, 2.75) is 6.10 Å². The average molecular weight is 436 g/mol. The number of amides is 2. The summed E-state index contributed by atoms with van der Waals surface area (Å²) in [7, 11) is 0. The van der Waals surface area contributed by atoms with Crippen molar-refractivity contribution < 1.29 is 19.1 Å². The summed E-state index contributed by atoms with van der Waals surface area (Å²) in [6.45, 7) is 0.0991. The van der Waals surface area contributed by atoms with Crippen molar-refractivity contribution >= 4 is 35.3 Å². The van der Waals surface area contributed by atoms with Crippen molar-refractivity contribution in [3.05, 3.63) is 88.9 Å². The molecule has 1 heterocycles. The van der Waals surface area contributed by atoms with Crippen molar-refractivity contribution in [2.75, 3.05) is 11.9 Å². The van der Waals surface area contributed by atoms with Crippen LogP contribution in [0.3, 0.4) is 0 Å². The van der Waals surface area contributed by atoms with Gasteiger partial charge in [0.05, 0.1) is 16.8 Å². The molecule has 1 atom stereocenters. The number of anilines is 1. The summed E-state index contributed by atoms with van der Waals surface area (Å²) in [4.78, 5) is 24.7. The van der Waals surface area contributed by atoms with Crippen LogP contribution >= 0.6 is 11.6 Å². The third kappa shape index (κ3) is 5.02. The minimum atomic E-state index is -0.798. The molecule has 0 saturated carbocycles. The molecule has 0 aliphatic carbocycles. The Morgan fingerprint density at radius 3 is 2.61 bits per heavy atom. The molecule has 0 radical (unpaired) electrons. The number of benzene rings is 3. The van der Waals surface area contributed by atoms with E-state index in [9.17, 15) is 9.59 Å². The minimum Gasteiger partial charge on any atom is -0.485 e. The van der Waals surface area contributed by atoms with E-state index in [1.54, 1.807) is 66.7 Å². The lowest BCUT2D eigenvalue weighted by Gasteiger charge is -2.24. The summed E-state index contributed by atoms with van der Waals surface area (Å²) in [5.74, 6) is 0.377. The molecule has 2 amide bonds. The average Bonchev–Trinajstić information content (AvgIpc) is 2.79. The van der Waals surface area contributed by atoms with Gasteiger partial charge in [-0.25, -0.2) is 5.43 Å². The van der Waals surface area contributed by atoms with Gasteiger partial charge < -0.3 is 14.8 Å². The first-order chi connectivity index (χ1) is 15.1. The Morgan fingerprint density at radius 2 is 1.77 bits per heavy atom. The summed E-state index contributed by atoms with van der Waals surface area (Å²) in [6, 6.07) is 21.0. The first-order valence-electron chi connectivity index (χ1n) is 9.47. The molecule has 0 fully saturated rings. The van der Waals surface area contributed by atoms with Crippen LogP contribution in [0.25, 0.3) is 0 Å². The lowest BCUT2D eigenvalue weighted by atomic mass is 10.2. The first-order valence-corrected chi connectivity index (χ1v) is 9.85. The van der Waals surface area contributed by atoms with Gasteiger partial charge in [-0.15, -0.1) is 0 Å². The smallest absolute Gasteiger partial charge is 0.284 e. The molecule has 3 aromatic carbocycles. The summed E-state index contributed by atoms with van der Waals surface area (Å²) in [5.41, 5.74) is 4.08. The minimum absolute atomic E-state index is 0.0991. The van der Waals surface area contributed by atoms with Gasteiger partial charge in [0.1, 0.15) is 6.61 Å². The van der Waals surface area contributed by atoms with Crippen LogP contribution < -0.4 is 20.2 Å². The predicted octanol–water partition coefficient (Wildman–Crippen LogP) is 3.88. The SMILES string of the molecule is O=C(Nc1cccc(/C=N/NC(=O)C2COc3ccccc3O2)c1)c1ccccc1Cl. The molecule has 0 aromatic heterocycles. The maximum absolute atomic E-state index is 12.4. The molecule has 8 heteroatoms. The van der Waals surface area contributed by atoms with Crippen molar-refractivity contribution in [2.24, 2.45) is 5.10 Å². The molecule has 0 spiro atoms. The van der Waals surface area contributed by atoms with E-state index in [0.717, 1.165) is 0 Å². The molecule has 156 valence electrons. The summed E-state index contributed by atoms with van der Waals surface area (Å²) < 4.78 is 11.2. The standard InChI is InChI=1S/C23H18ClN3O4/c24-18-9-2-1-8-17(18)22(28)26-16-7-5-6-15(12-16)13-25-27-23(29)21-14-30-19-10-3-4-11-20(19)31-21/h1-13,21H,14H2,(H,26,28)(H,27,29)/b25-13+. The monoisotopic (exact) mass is 435 g/mol. The first kappa shape index (κ1) is 20.4. The number of carbonyl (C=O) groups is 2. The quantitative estimate of drug-likeness (QED) is 0.470. The highest BCUT2D eigenvalue weighted by molar-refractivity contribution is 6.34. The molecule has 1 unspecified atom stereocenters.